The zero-order chi connectivity index (χ0) is 19.5. The molecule has 4 heterocycles. The molecule has 1 unspecified atom stereocenters. The molecule has 1 fully saturated rings. The monoisotopic (exact) mass is 394 g/mol. The smallest absolute Gasteiger partial charge is 0.224 e. The molecule has 1 amide bonds. The Kier molecular flexibility index (Phi) is 5.21. The predicted molar refractivity (Wildman–Crippen MR) is 112 cm³/mol. The number of pyridine rings is 2. The molecule has 0 radical (unpaired) electrons. The first-order chi connectivity index (χ1) is 13.6. The lowest BCUT2D eigenvalue weighted by atomic mass is 10.1. The Morgan fingerprint density at radius 3 is 2.96 bits per heavy atom. The second kappa shape index (κ2) is 7.93. The topological polar surface area (TPSA) is 83.0 Å². The molecular formula is C20H22N6OS. The Hall–Kier alpha value is -3.00. The standard InChI is InChI=1S/C20H22N6OS/c1-13-6-8-22-18(10-13)25-17-5-3-4-15(24-17)16-11-23-20(28-16)26-9-7-14(12-26)19(27)21-2/h3-6,8,10-11,14H,7,9,12H2,1-2H3,(H,21,27)(H,22,24,25). The number of amides is 1. The summed E-state index contributed by atoms with van der Waals surface area (Å²) >= 11 is 1.60. The number of hydrogen-bond acceptors (Lipinski definition) is 7. The van der Waals surface area contributed by atoms with E-state index in [0.717, 1.165) is 45.9 Å². The van der Waals surface area contributed by atoms with E-state index in [-0.39, 0.29) is 11.8 Å². The highest BCUT2D eigenvalue weighted by Crippen LogP contribution is 2.33. The van der Waals surface area contributed by atoms with Gasteiger partial charge >= 0.3 is 0 Å². The molecule has 1 atom stereocenters. The van der Waals surface area contributed by atoms with Gasteiger partial charge in [0.1, 0.15) is 11.6 Å². The highest BCUT2D eigenvalue weighted by Gasteiger charge is 2.29. The van der Waals surface area contributed by atoms with Gasteiger partial charge in [0.05, 0.1) is 16.5 Å². The van der Waals surface area contributed by atoms with Crippen LogP contribution >= 0.6 is 11.3 Å². The maximum atomic E-state index is 11.8. The number of thiazole rings is 1. The average Bonchev–Trinajstić information content (AvgIpc) is 3.37. The quantitative estimate of drug-likeness (QED) is 0.691. The van der Waals surface area contributed by atoms with Crippen molar-refractivity contribution in [1.29, 1.82) is 0 Å². The first-order valence-electron chi connectivity index (χ1n) is 9.22. The summed E-state index contributed by atoms with van der Waals surface area (Å²) in [5.74, 6) is 1.65. The zero-order valence-corrected chi connectivity index (χ0v) is 16.7. The van der Waals surface area contributed by atoms with Gasteiger partial charge in [0.2, 0.25) is 5.91 Å². The Morgan fingerprint density at radius 1 is 1.25 bits per heavy atom. The van der Waals surface area contributed by atoms with Gasteiger partial charge < -0.3 is 15.5 Å². The highest BCUT2D eigenvalue weighted by molar-refractivity contribution is 7.18. The van der Waals surface area contributed by atoms with E-state index in [2.05, 4.69) is 25.5 Å². The van der Waals surface area contributed by atoms with Crippen molar-refractivity contribution in [2.45, 2.75) is 13.3 Å². The van der Waals surface area contributed by atoms with Crippen LogP contribution in [0.1, 0.15) is 12.0 Å². The minimum atomic E-state index is 0.0323. The maximum Gasteiger partial charge on any atom is 0.224 e. The van der Waals surface area contributed by atoms with Crippen molar-refractivity contribution < 1.29 is 4.79 Å². The normalized spacial score (nSPS) is 16.2. The Morgan fingerprint density at radius 2 is 2.14 bits per heavy atom. The molecule has 4 rings (SSSR count). The van der Waals surface area contributed by atoms with Crippen LogP contribution in [0.15, 0.2) is 42.7 Å². The zero-order valence-electron chi connectivity index (χ0n) is 15.8. The lowest BCUT2D eigenvalue weighted by molar-refractivity contribution is -0.123. The van der Waals surface area contributed by atoms with Crippen LogP contribution in [-0.2, 0) is 4.79 Å². The van der Waals surface area contributed by atoms with Crippen molar-refractivity contribution in [3.63, 3.8) is 0 Å². The summed E-state index contributed by atoms with van der Waals surface area (Å²) in [4.78, 5) is 28.6. The van der Waals surface area contributed by atoms with Gasteiger partial charge in [-0.25, -0.2) is 15.0 Å². The molecule has 0 aliphatic carbocycles. The molecule has 1 aliphatic heterocycles. The fraction of sp³-hybridized carbons (Fsp3) is 0.300. The van der Waals surface area contributed by atoms with Crippen LogP contribution in [0, 0.1) is 12.8 Å². The summed E-state index contributed by atoms with van der Waals surface area (Å²) in [5, 5.41) is 6.92. The van der Waals surface area contributed by atoms with Crippen molar-refractivity contribution in [3.8, 4) is 10.6 Å². The molecule has 28 heavy (non-hydrogen) atoms. The third-order valence-electron chi connectivity index (χ3n) is 4.74. The second-order valence-corrected chi connectivity index (χ2v) is 7.81. The Bertz CT molecular complexity index is 988. The Labute approximate surface area is 167 Å². The van der Waals surface area contributed by atoms with Crippen molar-refractivity contribution in [2.24, 2.45) is 5.92 Å². The van der Waals surface area contributed by atoms with Crippen LogP contribution in [-0.4, -0.2) is 41.0 Å². The summed E-state index contributed by atoms with van der Waals surface area (Å²) in [7, 11) is 1.69. The van der Waals surface area contributed by atoms with E-state index in [0.29, 0.717) is 6.54 Å². The number of rotatable bonds is 5. The molecule has 3 aromatic rings. The number of aromatic nitrogens is 3. The van der Waals surface area contributed by atoms with Gasteiger partial charge in [0.15, 0.2) is 5.13 Å². The van der Waals surface area contributed by atoms with Gasteiger partial charge in [0, 0.05) is 32.5 Å². The number of anilines is 3. The number of carbonyl (C=O) groups is 1. The van der Waals surface area contributed by atoms with E-state index in [9.17, 15) is 4.79 Å². The number of nitrogens with one attached hydrogen (secondary N) is 2. The molecule has 0 spiro atoms. The molecule has 0 aromatic carbocycles. The summed E-state index contributed by atoms with van der Waals surface area (Å²) in [5.41, 5.74) is 2.00. The fourth-order valence-electron chi connectivity index (χ4n) is 3.26. The number of aryl methyl sites for hydroxylation is 1. The average molecular weight is 395 g/mol. The van der Waals surface area contributed by atoms with Crippen molar-refractivity contribution >= 4 is 34.0 Å². The molecule has 0 bridgehead atoms. The third-order valence-corrected chi connectivity index (χ3v) is 5.82. The summed E-state index contributed by atoms with van der Waals surface area (Å²) in [6.07, 6.45) is 4.49. The molecular weight excluding hydrogens is 372 g/mol. The van der Waals surface area contributed by atoms with Crippen molar-refractivity contribution in [1.82, 2.24) is 20.3 Å². The number of nitrogens with zero attached hydrogens (tertiary/aromatic N) is 4. The van der Waals surface area contributed by atoms with E-state index in [1.54, 1.807) is 24.6 Å². The first-order valence-corrected chi connectivity index (χ1v) is 10.0. The first kappa shape index (κ1) is 18.4. The highest BCUT2D eigenvalue weighted by atomic mass is 32.1. The molecule has 144 valence electrons. The molecule has 2 N–H and O–H groups in total. The lowest BCUT2D eigenvalue weighted by Gasteiger charge is -2.14. The minimum Gasteiger partial charge on any atom is -0.359 e. The van der Waals surface area contributed by atoms with Crippen molar-refractivity contribution in [2.75, 3.05) is 30.4 Å². The second-order valence-electron chi connectivity index (χ2n) is 6.80. The van der Waals surface area contributed by atoms with Crippen LogP contribution in [0.25, 0.3) is 10.6 Å². The van der Waals surface area contributed by atoms with Gasteiger partial charge in [-0.1, -0.05) is 17.4 Å². The summed E-state index contributed by atoms with van der Waals surface area (Å²) in [6, 6.07) is 9.81. The molecule has 8 heteroatoms. The Balaban J connectivity index is 1.49. The van der Waals surface area contributed by atoms with Crippen molar-refractivity contribution in [3.05, 3.63) is 48.3 Å². The summed E-state index contributed by atoms with van der Waals surface area (Å²) in [6.45, 7) is 3.59. The predicted octanol–water partition coefficient (Wildman–Crippen LogP) is 3.22. The SMILES string of the molecule is CNC(=O)C1CCN(c2ncc(-c3cccc(Nc4cc(C)ccn4)n3)s2)C1. The van der Waals surface area contributed by atoms with Crippen LogP contribution in [0.4, 0.5) is 16.8 Å². The summed E-state index contributed by atoms with van der Waals surface area (Å²) < 4.78 is 0. The van der Waals surface area contributed by atoms with Gasteiger partial charge in [0.25, 0.3) is 0 Å². The lowest BCUT2D eigenvalue weighted by Crippen LogP contribution is -2.30. The number of hydrogen-bond donors (Lipinski definition) is 2. The molecule has 0 saturated carbocycles. The van der Waals surface area contributed by atoms with E-state index in [1.165, 1.54) is 0 Å². The third kappa shape index (κ3) is 3.96. The van der Waals surface area contributed by atoms with Gasteiger partial charge in [-0.15, -0.1) is 0 Å². The van der Waals surface area contributed by atoms with Crippen LogP contribution in [0.3, 0.4) is 0 Å². The fourth-order valence-corrected chi connectivity index (χ4v) is 4.18. The van der Waals surface area contributed by atoms with E-state index in [1.807, 2.05) is 43.5 Å². The molecule has 1 aliphatic rings. The van der Waals surface area contributed by atoms with Gasteiger partial charge in [-0.2, -0.15) is 0 Å². The van der Waals surface area contributed by atoms with E-state index < -0.39 is 0 Å². The minimum absolute atomic E-state index is 0.0323. The van der Waals surface area contributed by atoms with Crippen LogP contribution < -0.4 is 15.5 Å². The van der Waals surface area contributed by atoms with E-state index in [4.69, 9.17) is 4.98 Å². The van der Waals surface area contributed by atoms with Gasteiger partial charge in [-0.3, -0.25) is 4.79 Å². The van der Waals surface area contributed by atoms with Crippen LogP contribution in [0.2, 0.25) is 0 Å². The molecule has 1 saturated heterocycles. The largest absolute Gasteiger partial charge is 0.359 e. The van der Waals surface area contributed by atoms with E-state index >= 15 is 0 Å². The molecule has 3 aromatic heterocycles. The molecule has 7 nitrogen and oxygen atoms in total. The van der Waals surface area contributed by atoms with Crippen LogP contribution in [0.5, 0.6) is 0 Å². The maximum absolute atomic E-state index is 11.8. The van der Waals surface area contributed by atoms with Gasteiger partial charge in [-0.05, 0) is 43.2 Å². The number of carbonyl (C=O) groups excluding carboxylic acids is 1.